The molecule has 0 aromatic carbocycles. The van der Waals surface area contributed by atoms with Crippen LogP contribution in [0, 0.1) is 10.1 Å². The molecule has 0 N–H and O–H groups in total. The highest BCUT2D eigenvalue weighted by Gasteiger charge is 2.20. The monoisotopic (exact) mass is 215 g/mol. The fraction of sp³-hybridized carbons (Fsp3) is 0.500. The molecule has 0 aliphatic rings. The van der Waals surface area contributed by atoms with Crippen LogP contribution in [0.5, 0.6) is 0 Å². The van der Waals surface area contributed by atoms with Crippen LogP contribution < -0.4 is 0 Å². The molecule has 0 saturated heterocycles. The second kappa shape index (κ2) is 5.74. The highest BCUT2D eigenvalue weighted by atomic mass is 16.6. The van der Waals surface area contributed by atoms with Crippen LogP contribution in [-0.4, -0.2) is 27.8 Å². The Morgan fingerprint density at radius 3 is 2.47 bits per heavy atom. The smallest absolute Gasteiger partial charge is 0.390 e. The Hall–Kier alpha value is -1.92. The lowest BCUT2D eigenvalue weighted by atomic mass is 10.4. The fourth-order valence-electron chi connectivity index (χ4n) is 0.837. The zero-order chi connectivity index (χ0) is 12.0. The number of carbonyl (C=O) groups is 1. The Labute approximate surface area is 86.8 Å². The van der Waals surface area contributed by atoms with Crippen molar-refractivity contribution in [2.75, 3.05) is 7.11 Å². The molecule has 7 nitrogen and oxygen atoms in total. The first-order valence-electron chi connectivity index (χ1n) is 4.33. The van der Waals surface area contributed by atoms with Crippen LogP contribution in [0.3, 0.4) is 0 Å². The summed E-state index contributed by atoms with van der Waals surface area (Å²) in [6, 6.07) is 1.06. The summed E-state index contributed by atoms with van der Waals surface area (Å²) in [7, 11) is 2.63. The number of ether oxygens (including phenoxy) is 1. The van der Waals surface area contributed by atoms with Gasteiger partial charge in [-0.15, -0.1) is 0 Å². The molecule has 1 heterocycles. The van der Waals surface area contributed by atoms with Crippen molar-refractivity contribution in [2.24, 2.45) is 7.05 Å². The number of aromatic nitrogens is 2. The molecular weight excluding hydrogens is 202 g/mol. The molecule has 0 fully saturated rings. The van der Waals surface area contributed by atoms with E-state index in [0.29, 0.717) is 0 Å². The number of nitrogens with zero attached hydrogens (tertiary/aromatic N) is 3. The van der Waals surface area contributed by atoms with E-state index >= 15 is 0 Å². The molecule has 84 valence electrons. The molecule has 0 unspecified atom stereocenters. The number of aryl methyl sites for hydroxylation is 1. The standard InChI is InChI=1S/C6H7N3O4.C2H6/c1-8-4(6(10)13-2)3-5(7-8)9(11)12;1-2/h3H,1-2H3;1-2H3. The second-order valence-corrected chi connectivity index (χ2v) is 2.26. The van der Waals surface area contributed by atoms with E-state index < -0.39 is 10.9 Å². The second-order valence-electron chi connectivity index (χ2n) is 2.26. The molecule has 0 saturated carbocycles. The van der Waals surface area contributed by atoms with Gasteiger partial charge in [-0.25, -0.2) is 4.79 Å². The molecule has 0 spiro atoms. The zero-order valence-electron chi connectivity index (χ0n) is 9.05. The predicted molar refractivity (Wildman–Crippen MR) is 52.5 cm³/mol. The van der Waals surface area contributed by atoms with Gasteiger partial charge in [-0.05, 0) is 4.92 Å². The van der Waals surface area contributed by atoms with Crippen molar-refractivity contribution in [3.63, 3.8) is 0 Å². The quantitative estimate of drug-likeness (QED) is 0.419. The first kappa shape index (κ1) is 13.1. The highest BCUT2D eigenvalue weighted by Crippen LogP contribution is 2.11. The molecule has 0 aliphatic heterocycles. The first-order valence-corrected chi connectivity index (χ1v) is 4.33. The van der Waals surface area contributed by atoms with Crippen LogP contribution in [-0.2, 0) is 11.8 Å². The third-order valence-electron chi connectivity index (χ3n) is 1.45. The van der Waals surface area contributed by atoms with Crippen molar-refractivity contribution in [3.8, 4) is 0 Å². The number of nitro groups is 1. The summed E-state index contributed by atoms with van der Waals surface area (Å²) >= 11 is 0. The maximum absolute atomic E-state index is 11.0. The molecule has 7 heteroatoms. The average Bonchev–Trinajstić information content (AvgIpc) is 2.62. The van der Waals surface area contributed by atoms with Crippen molar-refractivity contribution in [2.45, 2.75) is 13.8 Å². The Bertz CT molecular complexity index is 359. The van der Waals surface area contributed by atoms with Crippen molar-refractivity contribution in [3.05, 3.63) is 21.9 Å². The molecular formula is C8H13N3O4. The van der Waals surface area contributed by atoms with Crippen LogP contribution in [0.2, 0.25) is 0 Å². The van der Waals surface area contributed by atoms with Crippen LogP contribution in [0.1, 0.15) is 24.3 Å². The van der Waals surface area contributed by atoms with Gasteiger partial charge in [0.1, 0.15) is 0 Å². The summed E-state index contributed by atoms with van der Waals surface area (Å²) in [4.78, 5) is 20.5. The van der Waals surface area contributed by atoms with Crippen molar-refractivity contribution in [1.82, 2.24) is 9.78 Å². The highest BCUT2D eigenvalue weighted by molar-refractivity contribution is 5.87. The van der Waals surface area contributed by atoms with Gasteiger partial charge >= 0.3 is 11.8 Å². The molecule has 0 bridgehead atoms. The fourth-order valence-corrected chi connectivity index (χ4v) is 0.837. The number of methoxy groups -OCH3 is 1. The SMILES string of the molecule is CC.COC(=O)c1cc([N+](=O)[O-])nn1C. The van der Waals surface area contributed by atoms with Crippen LogP contribution in [0.25, 0.3) is 0 Å². The van der Waals surface area contributed by atoms with Crippen LogP contribution in [0.4, 0.5) is 5.82 Å². The van der Waals surface area contributed by atoms with Gasteiger partial charge < -0.3 is 14.9 Å². The van der Waals surface area contributed by atoms with E-state index in [-0.39, 0.29) is 11.5 Å². The third-order valence-corrected chi connectivity index (χ3v) is 1.45. The van der Waals surface area contributed by atoms with Crippen molar-refractivity contribution < 1.29 is 14.5 Å². The van der Waals surface area contributed by atoms with E-state index in [1.165, 1.54) is 14.2 Å². The van der Waals surface area contributed by atoms with Gasteiger partial charge in [-0.2, -0.15) is 4.68 Å². The van der Waals surface area contributed by atoms with Crippen LogP contribution in [0.15, 0.2) is 6.07 Å². The minimum absolute atomic E-state index is 0.0502. The molecule has 0 radical (unpaired) electrons. The lowest BCUT2D eigenvalue weighted by molar-refractivity contribution is -0.389. The van der Waals surface area contributed by atoms with Gasteiger partial charge in [-0.1, -0.05) is 13.8 Å². The van der Waals surface area contributed by atoms with Gasteiger partial charge in [0.2, 0.25) is 0 Å². The van der Waals surface area contributed by atoms with Gasteiger partial charge in [0.25, 0.3) is 0 Å². The van der Waals surface area contributed by atoms with Crippen molar-refractivity contribution >= 4 is 11.8 Å². The molecule has 1 aromatic rings. The summed E-state index contributed by atoms with van der Waals surface area (Å²) in [6.07, 6.45) is 0. The van der Waals surface area contributed by atoms with E-state index in [4.69, 9.17) is 0 Å². The van der Waals surface area contributed by atoms with E-state index in [1.54, 1.807) is 0 Å². The Morgan fingerprint density at radius 1 is 1.60 bits per heavy atom. The average molecular weight is 215 g/mol. The molecule has 0 aliphatic carbocycles. The zero-order valence-corrected chi connectivity index (χ0v) is 9.05. The number of rotatable bonds is 2. The van der Waals surface area contributed by atoms with Crippen molar-refractivity contribution in [1.29, 1.82) is 0 Å². The maximum Gasteiger partial charge on any atom is 0.390 e. The van der Waals surface area contributed by atoms with E-state index in [9.17, 15) is 14.9 Å². The van der Waals surface area contributed by atoms with E-state index in [1.807, 2.05) is 13.8 Å². The lowest BCUT2D eigenvalue weighted by Crippen LogP contribution is -2.07. The van der Waals surface area contributed by atoms with Gasteiger partial charge in [0.15, 0.2) is 5.69 Å². The predicted octanol–water partition coefficient (Wildman–Crippen LogP) is 1.14. The number of hydrogen-bond acceptors (Lipinski definition) is 5. The third kappa shape index (κ3) is 3.04. The summed E-state index contributed by atoms with van der Waals surface area (Å²) in [5.74, 6) is -1.02. The molecule has 1 aromatic heterocycles. The first-order chi connectivity index (χ1) is 7.06. The molecule has 0 amide bonds. The largest absolute Gasteiger partial charge is 0.464 e. The summed E-state index contributed by atoms with van der Waals surface area (Å²) in [5.41, 5.74) is 0.0502. The normalized spacial score (nSPS) is 8.80. The number of esters is 1. The number of hydrogen-bond donors (Lipinski definition) is 0. The number of carbonyl (C=O) groups excluding carboxylic acids is 1. The molecule has 1 rings (SSSR count). The minimum Gasteiger partial charge on any atom is -0.464 e. The summed E-state index contributed by atoms with van der Waals surface area (Å²) in [6.45, 7) is 4.00. The Kier molecular flexibility index (Phi) is 5.00. The maximum atomic E-state index is 11.0. The van der Waals surface area contributed by atoms with Gasteiger partial charge in [0.05, 0.1) is 25.3 Å². The molecule has 15 heavy (non-hydrogen) atoms. The summed E-state index contributed by atoms with van der Waals surface area (Å²) in [5, 5.41) is 13.8. The van der Waals surface area contributed by atoms with Gasteiger partial charge in [-0.3, -0.25) is 0 Å². The van der Waals surface area contributed by atoms with Gasteiger partial charge in [0, 0.05) is 0 Å². The Morgan fingerprint density at radius 2 is 2.13 bits per heavy atom. The van der Waals surface area contributed by atoms with E-state index in [2.05, 4.69) is 9.84 Å². The van der Waals surface area contributed by atoms with Crippen LogP contribution >= 0.6 is 0 Å². The van der Waals surface area contributed by atoms with E-state index in [0.717, 1.165) is 10.7 Å². The topological polar surface area (TPSA) is 87.3 Å². The molecule has 0 atom stereocenters. The minimum atomic E-state index is -0.674. The Balaban J connectivity index is 0.000000921. The lowest BCUT2D eigenvalue weighted by Gasteiger charge is -1.93. The summed E-state index contributed by atoms with van der Waals surface area (Å²) < 4.78 is 5.49.